The van der Waals surface area contributed by atoms with Crippen LogP contribution in [0.2, 0.25) is 0 Å². The first-order valence-electron chi connectivity index (χ1n) is 5.47. The van der Waals surface area contributed by atoms with Gasteiger partial charge in [0.2, 0.25) is 5.91 Å². The number of hydrogen-bond acceptors (Lipinski definition) is 3. The molecule has 1 aliphatic heterocycles. The third-order valence-corrected chi connectivity index (χ3v) is 2.63. The molecule has 7 heteroatoms. The lowest BCUT2D eigenvalue weighted by Gasteiger charge is -2.24. The minimum Gasteiger partial charge on any atom is -0.362 e. The van der Waals surface area contributed by atoms with E-state index in [1.54, 1.807) is 0 Å². The van der Waals surface area contributed by atoms with E-state index >= 15 is 0 Å². The van der Waals surface area contributed by atoms with Gasteiger partial charge < -0.3 is 15.4 Å². The molecule has 1 rings (SSSR count). The summed E-state index contributed by atoms with van der Waals surface area (Å²) in [4.78, 5) is 11.2. The number of ether oxygens (including phenoxy) is 1. The van der Waals surface area contributed by atoms with Gasteiger partial charge in [-0.1, -0.05) is 0 Å². The highest BCUT2D eigenvalue weighted by Gasteiger charge is 2.29. The van der Waals surface area contributed by atoms with Gasteiger partial charge in [0, 0.05) is 12.1 Å². The number of halogens is 3. The summed E-state index contributed by atoms with van der Waals surface area (Å²) in [6.45, 7) is 1.32. The summed E-state index contributed by atoms with van der Waals surface area (Å²) in [5.74, 6) is -0.524. The number of alkyl halides is 3. The molecule has 17 heavy (non-hydrogen) atoms. The molecule has 4 nitrogen and oxygen atoms in total. The molecule has 0 radical (unpaired) electrons. The van der Waals surface area contributed by atoms with E-state index < -0.39 is 25.3 Å². The minimum atomic E-state index is -4.39. The van der Waals surface area contributed by atoms with Gasteiger partial charge in [-0.2, -0.15) is 13.2 Å². The lowest BCUT2D eigenvalue weighted by Crippen LogP contribution is -2.48. The van der Waals surface area contributed by atoms with Crippen molar-refractivity contribution in [2.75, 3.05) is 26.3 Å². The summed E-state index contributed by atoms with van der Waals surface area (Å²) in [5, 5.41) is 5.79. The molecule has 0 saturated carbocycles. The van der Waals surface area contributed by atoms with Gasteiger partial charge in [-0.15, -0.1) is 0 Å². The van der Waals surface area contributed by atoms with E-state index in [0.29, 0.717) is 6.54 Å². The molecular formula is C10H17F3N2O2. The number of amides is 1. The average Bonchev–Trinajstić information content (AvgIpc) is 2.61. The van der Waals surface area contributed by atoms with Crippen LogP contribution in [0.4, 0.5) is 13.2 Å². The average molecular weight is 254 g/mol. The third-order valence-electron chi connectivity index (χ3n) is 2.63. The van der Waals surface area contributed by atoms with Crippen LogP contribution in [0.5, 0.6) is 0 Å². The molecule has 1 saturated heterocycles. The Labute approximate surface area is 97.9 Å². The molecule has 0 spiro atoms. The fourth-order valence-corrected chi connectivity index (χ4v) is 1.71. The van der Waals surface area contributed by atoms with Crippen molar-refractivity contribution in [1.82, 2.24) is 10.6 Å². The molecule has 1 aliphatic rings. The molecule has 0 aromatic carbocycles. The third kappa shape index (κ3) is 5.88. The van der Waals surface area contributed by atoms with Crippen molar-refractivity contribution >= 4 is 5.91 Å². The summed E-state index contributed by atoms with van der Waals surface area (Å²) in [6.07, 6.45) is -2.41. The number of carbonyl (C=O) groups is 1. The molecule has 2 N–H and O–H groups in total. The van der Waals surface area contributed by atoms with Crippen molar-refractivity contribution in [3.63, 3.8) is 0 Å². The normalized spacial score (nSPS) is 24.9. The van der Waals surface area contributed by atoms with Crippen molar-refractivity contribution < 1.29 is 22.7 Å². The van der Waals surface area contributed by atoms with Crippen LogP contribution < -0.4 is 10.6 Å². The van der Waals surface area contributed by atoms with Crippen molar-refractivity contribution in [2.24, 2.45) is 0 Å². The predicted molar refractivity (Wildman–Crippen MR) is 55.5 cm³/mol. The van der Waals surface area contributed by atoms with Gasteiger partial charge in [0.05, 0.1) is 0 Å². The first-order valence-corrected chi connectivity index (χ1v) is 5.47. The van der Waals surface area contributed by atoms with Crippen LogP contribution >= 0.6 is 0 Å². The van der Waals surface area contributed by atoms with E-state index in [9.17, 15) is 18.0 Å². The highest BCUT2D eigenvalue weighted by Crippen LogP contribution is 2.17. The topological polar surface area (TPSA) is 50.4 Å². The summed E-state index contributed by atoms with van der Waals surface area (Å²) >= 11 is 0. The van der Waals surface area contributed by atoms with Gasteiger partial charge >= 0.3 is 6.18 Å². The van der Waals surface area contributed by atoms with Crippen molar-refractivity contribution in [3.8, 4) is 0 Å². The summed E-state index contributed by atoms with van der Waals surface area (Å²) in [6, 6.07) is 0. The molecule has 1 fully saturated rings. The van der Waals surface area contributed by atoms with Crippen molar-refractivity contribution in [2.45, 2.75) is 31.5 Å². The second kappa shape index (κ2) is 5.68. The van der Waals surface area contributed by atoms with E-state index in [4.69, 9.17) is 0 Å². The lowest BCUT2D eigenvalue weighted by molar-refractivity contribution is -0.175. The Kier molecular flexibility index (Phi) is 4.76. The maximum absolute atomic E-state index is 11.7. The Morgan fingerprint density at radius 1 is 1.53 bits per heavy atom. The smallest absolute Gasteiger partial charge is 0.362 e. The number of hydrogen-bond donors (Lipinski definition) is 2. The molecule has 1 amide bonds. The van der Waals surface area contributed by atoms with Crippen LogP contribution in [-0.4, -0.2) is 43.9 Å². The van der Waals surface area contributed by atoms with Gasteiger partial charge in [0.15, 0.2) is 0 Å². The van der Waals surface area contributed by atoms with E-state index in [0.717, 1.165) is 19.4 Å². The molecule has 1 unspecified atom stereocenters. The van der Waals surface area contributed by atoms with Gasteiger partial charge in [0.1, 0.15) is 13.2 Å². The van der Waals surface area contributed by atoms with Gasteiger partial charge in [-0.25, -0.2) is 0 Å². The molecule has 0 aromatic heterocycles. The van der Waals surface area contributed by atoms with Crippen LogP contribution in [0, 0.1) is 0 Å². The van der Waals surface area contributed by atoms with Crippen molar-refractivity contribution in [1.29, 1.82) is 0 Å². The lowest BCUT2D eigenvalue weighted by atomic mass is 10.0. The molecule has 0 aromatic rings. The Morgan fingerprint density at radius 2 is 2.24 bits per heavy atom. The van der Waals surface area contributed by atoms with E-state index in [1.807, 2.05) is 6.92 Å². The highest BCUT2D eigenvalue weighted by molar-refractivity contribution is 5.77. The summed E-state index contributed by atoms with van der Waals surface area (Å²) in [7, 11) is 0. The first-order chi connectivity index (χ1) is 7.81. The molecule has 1 heterocycles. The predicted octanol–water partition coefficient (Wildman–Crippen LogP) is 0.824. The summed E-state index contributed by atoms with van der Waals surface area (Å²) in [5.41, 5.74) is -0.153. The van der Waals surface area contributed by atoms with Crippen molar-refractivity contribution in [3.05, 3.63) is 0 Å². The Morgan fingerprint density at radius 3 is 2.76 bits per heavy atom. The molecule has 1 atom stereocenters. The zero-order valence-electron chi connectivity index (χ0n) is 9.69. The SMILES string of the molecule is CC1(CNC(=O)COCC(F)(F)F)CCCN1. The molecular weight excluding hydrogens is 237 g/mol. The van der Waals surface area contributed by atoms with Crippen LogP contribution in [0.3, 0.4) is 0 Å². The van der Waals surface area contributed by atoms with Crippen LogP contribution in [-0.2, 0) is 9.53 Å². The van der Waals surface area contributed by atoms with Crippen LogP contribution in [0.25, 0.3) is 0 Å². The number of carbonyl (C=O) groups excluding carboxylic acids is 1. The van der Waals surface area contributed by atoms with Gasteiger partial charge in [-0.05, 0) is 26.3 Å². The van der Waals surface area contributed by atoms with Crippen LogP contribution in [0.15, 0.2) is 0 Å². The zero-order chi connectivity index (χ0) is 12.9. The Balaban J connectivity index is 2.13. The Bertz CT molecular complexity index is 263. The summed E-state index contributed by atoms with van der Waals surface area (Å²) < 4.78 is 39.4. The maximum Gasteiger partial charge on any atom is 0.411 e. The molecule has 0 bridgehead atoms. The largest absolute Gasteiger partial charge is 0.411 e. The van der Waals surface area contributed by atoms with E-state index in [1.165, 1.54) is 0 Å². The Hall–Kier alpha value is -0.820. The standard InChI is InChI=1S/C10H17F3N2O2/c1-9(3-2-4-15-9)6-14-8(16)5-17-7-10(11,12)13/h15H,2-7H2,1H3,(H,14,16). The number of rotatable bonds is 5. The quantitative estimate of drug-likeness (QED) is 0.764. The highest BCUT2D eigenvalue weighted by atomic mass is 19.4. The first kappa shape index (κ1) is 14.2. The fraction of sp³-hybridized carbons (Fsp3) is 0.900. The van der Waals surface area contributed by atoms with Crippen LogP contribution in [0.1, 0.15) is 19.8 Å². The van der Waals surface area contributed by atoms with Gasteiger partial charge in [-0.3, -0.25) is 4.79 Å². The second-order valence-corrected chi connectivity index (χ2v) is 4.48. The number of nitrogens with one attached hydrogen (secondary N) is 2. The zero-order valence-corrected chi connectivity index (χ0v) is 9.69. The van der Waals surface area contributed by atoms with E-state index in [2.05, 4.69) is 15.4 Å². The molecule has 100 valence electrons. The second-order valence-electron chi connectivity index (χ2n) is 4.48. The maximum atomic E-state index is 11.7. The minimum absolute atomic E-state index is 0.153. The van der Waals surface area contributed by atoms with E-state index in [-0.39, 0.29) is 5.54 Å². The monoisotopic (exact) mass is 254 g/mol. The van der Waals surface area contributed by atoms with Gasteiger partial charge in [0.25, 0.3) is 0 Å². The molecule has 0 aliphatic carbocycles. The fourth-order valence-electron chi connectivity index (χ4n) is 1.71.